The molecule has 14 heavy (non-hydrogen) atoms. The average Bonchev–Trinajstić information content (AvgIpc) is 2.46. The van der Waals surface area contributed by atoms with Crippen LogP contribution in [0.2, 0.25) is 0 Å². The summed E-state index contributed by atoms with van der Waals surface area (Å²) in [4.78, 5) is 11.3. The molecule has 0 saturated carbocycles. The molecular formula is C8H9BrO4S. The monoisotopic (exact) mass is 280 g/mol. The predicted octanol–water partition coefficient (Wildman–Crippen LogP) is 1.66. The number of rotatable bonds is 4. The molecule has 0 fully saturated rings. The Morgan fingerprint density at radius 1 is 1.50 bits per heavy atom. The van der Waals surface area contributed by atoms with Gasteiger partial charge in [-0.05, 0) is 28.1 Å². The van der Waals surface area contributed by atoms with E-state index in [1.54, 1.807) is 6.07 Å². The molecule has 0 unspecified atom stereocenters. The van der Waals surface area contributed by atoms with Crippen LogP contribution in [0.5, 0.6) is 0 Å². The summed E-state index contributed by atoms with van der Waals surface area (Å²) in [6, 6.07) is 3.10. The summed E-state index contributed by atoms with van der Waals surface area (Å²) in [5.41, 5.74) is 0. The fraction of sp³-hybridized carbons (Fsp3) is 0.375. The highest BCUT2D eigenvalue weighted by Gasteiger charge is 2.13. The van der Waals surface area contributed by atoms with Crippen LogP contribution in [-0.2, 0) is 9.84 Å². The number of halogens is 1. The lowest BCUT2D eigenvalue weighted by Gasteiger charge is -1.95. The van der Waals surface area contributed by atoms with E-state index in [4.69, 9.17) is 4.42 Å². The third kappa shape index (κ3) is 3.63. The van der Waals surface area contributed by atoms with Crippen LogP contribution in [0.25, 0.3) is 0 Å². The number of ketones is 1. The van der Waals surface area contributed by atoms with E-state index in [1.165, 1.54) is 6.07 Å². The van der Waals surface area contributed by atoms with E-state index in [9.17, 15) is 13.2 Å². The minimum absolute atomic E-state index is 0.0429. The van der Waals surface area contributed by atoms with Crippen molar-refractivity contribution in [1.82, 2.24) is 0 Å². The number of carbonyl (C=O) groups excluding carboxylic acids is 1. The van der Waals surface area contributed by atoms with Gasteiger partial charge >= 0.3 is 0 Å². The zero-order chi connectivity index (χ0) is 10.8. The van der Waals surface area contributed by atoms with E-state index in [2.05, 4.69) is 15.9 Å². The van der Waals surface area contributed by atoms with Gasteiger partial charge in [0, 0.05) is 12.7 Å². The molecule has 4 nitrogen and oxygen atoms in total. The summed E-state index contributed by atoms with van der Waals surface area (Å²) in [5, 5.41) is 0. The first kappa shape index (κ1) is 11.5. The largest absolute Gasteiger partial charge is 0.446 e. The number of Topliss-reactive ketones (excluding diaryl/α,β-unsaturated/α-hetero) is 1. The standard InChI is InChI=1S/C8H9BrO4S/c1-14(11,12)5-4-6(10)7-2-3-8(9)13-7/h2-3H,4-5H2,1H3. The van der Waals surface area contributed by atoms with Gasteiger partial charge in [0.25, 0.3) is 0 Å². The zero-order valence-corrected chi connectivity index (χ0v) is 9.89. The second-order valence-corrected chi connectivity index (χ2v) is 5.95. The number of sulfone groups is 1. The summed E-state index contributed by atoms with van der Waals surface area (Å²) in [5.74, 6) is -0.272. The van der Waals surface area contributed by atoms with Crippen molar-refractivity contribution in [3.8, 4) is 0 Å². The molecule has 0 bridgehead atoms. The van der Waals surface area contributed by atoms with Gasteiger partial charge in [-0.3, -0.25) is 4.79 Å². The molecule has 0 aliphatic heterocycles. The van der Waals surface area contributed by atoms with Gasteiger partial charge in [0.2, 0.25) is 0 Å². The Labute approximate surface area is 90.3 Å². The summed E-state index contributed by atoms with van der Waals surface area (Å²) < 4.78 is 27.0. The molecule has 1 heterocycles. The Morgan fingerprint density at radius 2 is 2.14 bits per heavy atom. The molecule has 0 aliphatic carbocycles. The van der Waals surface area contributed by atoms with E-state index < -0.39 is 9.84 Å². The molecule has 0 amide bonds. The summed E-state index contributed by atoms with van der Waals surface area (Å²) in [6.07, 6.45) is 1.05. The van der Waals surface area contributed by atoms with E-state index in [0.29, 0.717) is 4.67 Å². The van der Waals surface area contributed by atoms with Gasteiger partial charge in [-0.1, -0.05) is 0 Å². The Hall–Kier alpha value is -0.620. The number of furan rings is 1. The molecule has 6 heteroatoms. The average molecular weight is 281 g/mol. The van der Waals surface area contributed by atoms with Crippen LogP contribution in [0.15, 0.2) is 21.2 Å². The number of hydrogen-bond acceptors (Lipinski definition) is 4. The number of hydrogen-bond donors (Lipinski definition) is 0. The topological polar surface area (TPSA) is 64.3 Å². The van der Waals surface area contributed by atoms with Crippen molar-refractivity contribution >= 4 is 31.6 Å². The quantitative estimate of drug-likeness (QED) is 0.787. The third-order valence-electron chi connectivity index (χ3n) is 1.55. The van der Waals surface area contributed by atoms with Crippen LogP contribution in [0.4, 0.5) is 0 Å². The third-order valence-corrected chi connectivity index (χ3v) is 2.92. The summed E-state index contributed by atoms with van der Waals surface area (Å²) >= 11 is 3.05. The highest BCUT2D eigenvalue weighted by molar-refractivity contribution is 9.10. The highest BCUT2D eigenvalue weighted by atomic mass is 79.9. The summed E-state index contributed by atoms with van der Waals surface area (Å²) in [6.45, 7) is 0. The van der Waals surface area contributed by atoms with Gasteiger partial charge in [-0.15, -0.1) is 0 Å². The number of carbonyl (C=O) groups is 1. The maximum Gasteiger partial charge on any atom is 0.199 e. The normalized spacial score (nSPS) is 11.6. The van der Waals surface area contributed by atoms with Crippen molar-refractivity contribution in [1.29, 1.82) is 0 Å². The van der Waals surface area contributed by atoms with Crippen molar-refractivity contribution in [2.24, 2.45) is 0 Å². The lowest BCUT2D eigenvalue weighted by Crippen LogP contribution is -2.08. The molecule has 0 atom stereocenters. The van der Waals surface area contributed by atoms with Crippen molar-refractivity contribution in [2.45, 2.75) is 6.42 Å². The van der Waals surface area contributed by atoms with E-state index in [1.807, 2.05) is 0 Å². The van der Waals surface area contributed by atoms with E-state index in [0.717, 1.165) is 6.26 Å². The van der Waals surface area contributed by atoms with Crippen LogP contribution in [0.1, 0.15) is 17.0 Å². The lowest BCUT2D eigenvalue weighted by atomic mass is 10.2. The first-order chi connectivity index (χ1) is 6.38. The lowest BCUT2D eigenvalue weighted by molar-refractivity contribution is 0.0961. The van der Waals surface area contributed by atoms with Gasteiger partial charge in [0.1, 0.15) is 9.84 Å². The van der Waals surface area contributed by atoms with Crippen LogP contribution >= 0.6 is 15.9 Å². The van der Waals surface area contributed by atoms with Gasteiger partial charge in [0.15, 0.2) is 16.2 Å². The van der Waals surface area contributed by atoms with Crippen molar-refractivity contribution < 1.29 is 17.6 Å². The van der Waals surface area contributed by atoms with Gasteiger partial charge in [-0.25, -0.2) is 8.42 Å². The van der Waals surface area contributed by atoms with Crippen LogP contribution in [0.3, 0.4) is 0 Å². The van der Waals surface area contributed by atoms with Crippen molar-refractivity contribution in [3.05, 3.63) is 22.6 Å². The molecule has 0 radical (unpaired) electrons. The molecule has 1 aromatic heterocycles. The Balaban J connectivity index is 2.60. The van der Waals surface area contributed by atoms with Crippen LogP contribution in [-0.4, -0.2) is 26.2 Å². The Morgan fingerprint density at radius 3 is 2.57 bits per heavy atom. The summed E-state index contributed by atoms with van der Waals surface area (Å²) in [7, 11) is -3.09. The fourth-order valence-corrected chi connectivity index (χ4v) is 1.73. The molecule has 1 rings (SSSR count). The highest BCUT2D eigenvalue weighted by Crippen LogP contribution is 2.15. The first-order valence-corrected chi connectivity index (χ1v) is 6.70. The molecule has 1 aromatic rings. The Kier molecular flexibility index (Phi) is 3.49. The van der Waals surface area contributed by atoms with Crippen LogP contribution < -0.4 is 0 Å². The molecule has 0 aliphatic rings. The first-order valence-electron chi connectivity index (χ1n) is 3.85. The van der Waals surface area contributed by atoms with Gasteiger partial charge < -0.3 is 4.42 Å². The second kappa shape index (κ2) is 4.27. The van der Waals surface area contributed by atoms with Gasteiger partial charge in [0.05, 0.1) is 5.75 Å². The zero-order valence-electron chi connectivity index (χ0n) is 7.49. The molecule has 0 aromatic carbocycles. The molecule has 0 saturated heterocycles. The SMILES string of the molecule is CS(=O)(=O)CCC(=O)c1ccc(Br)o1. The molecule has 78 valence electrons. The van der Waals surface area contributed by atoms with Crippen molar-refractivity contribution in [3.63, 3.8) is 0 Å². The molecular weight excluding hydrogens is 272 g/mol. The van der Waals surface area contributed by atoms with Crippen molar-refractivity contribution in [2.75, 3.05) is 12.0 Å². The maximum absolute atomic E-state index is 11.3. The second-order valence-electron chi connectivity index (χ2n) is 2.91. The predicted molar refractivity (Wildman–Crippen MR) is 55.1 cm³/mol. The van der Waals surface area contributed by atoms with E-state index in [-0.39, 0.29) is 23.7 Å². The van der Waals surface area contributed by atoms with E-state index >= 15 is 0 Å². The minimum Gasteiger partial charge on any atom is -0.446 e. The van der Waals surface area contributed by atoms with Gasteiger partial charge in [-0.2, -0.15) is 0 Å². The fourth-order valence-electron chi connectivity index (χ4n) is 0.865. The van der Waals surface area contributed by atoms with Crippen LogP contribution in [0, 0.1) is 0 Å². The molecule has 0 spiro atoms. The molecule has 0 N–H and O–H groups in total. The Bertz CT molecular complexity index is 432. The minimum atomic E-state index is -3.09. The smallest absolute Gasteiger partial charge is 0.199 e. The maximum atomic E-state index is 11.3.